The van der Waals surface area contributed by atoms with Gasteiger partial charge < -0.3 is 26.0 Å². The molecule has 3 fully saturated rings. The number of nitrogens with zero attached hydrogens (tertiary/aromatic N) is 2. The molecule has 2 saturated heterocycles. The van der Waals surface area contributed by atoms with E-state index in [1.165, 1.54) is 17.8 Å². The standard InChI is InChI=1S/C27H36N6O4S/c1-5-20(34)30-16-7-6-8-17(16)31-25(35)24-23-22-18(9-10-28-26(22)38-24)33(27(36)32-23)19-12-29-21(11-15(19)4)37-13-14(2)3/h5,11-12,14,16-18,22,26,28H,1,6-10,13H2,2-4H3,(H,30,34)(H,31,35)(H,32,36)/t16-,17+,18?,22?,26?/m0/s1. The van der Waals surface area contributed by atoms with Gasteiger partial charge in [-0.3, -0.25) is 14.5 Å². The smallest absolute Gasteiger partial charge is 0.326 e. The van der Waals surface area contributed by atoms with Gasteiger partial charge in [0.15, 0.2) is 0 Å². The molecule has 1 aliphatic carbocycles. The topological polar surface area (TPSA) is 125 Å². The summed E-state index contributed by atoms with van der Waals surface area (Å²) in [7, 11) is 0. The van der Waals surface area contributed by atoms with Gasteiger partial charge in [0.1, 0.15) is 0 Å². The molecule has 4 amide bonds. The Balaban J connectivity index is 1.36. The number of rotatable bonds is 8. The fourth-order valence-electron chi connectivity index (χ4n) is 5.79. The van der Waals surface area contributed by atoms with Gasteiger partial charge in [0.2, 0.25) is 11.8 Å². The average Bonchev–Trinajstić information content (AvgIpc) is 3.48. The Morgan fingerprint density at radius 2 is 2.05 bits per heavy atom. The Bertz CT molecular complexity index is 1170. The second kappa shape index (κ2) is 11.0. The number of aryl methyl sites for hydroxylation is 1. The van der Waals surface area contributed by atoms with E-state index in [2.05, 4.69) is 46.7 Å². The highest BCUT2D eigenvalue weighted by Crippen LogP contribution is 2.48. The maximum atomic E-state index is 13.5. The second-order valence-electron chi connectivity index (χ2n) is 10.8. The van der Waals surface area contributed by atoms with E-state index in [9.17, 15) is 14.4 Å². The molecule has 5 rings (SSSR count). The van der Waals surface area contributed by atoms with Crippen molar-refractivity contribution in [3.8, 4) is 5.88 Å². The summed E-state index contributed by atoms with van der Waals surface area (Å²) in [4.78, 5) is 45.6. The maximum absolute atomic E-state index is 13.5. The number of aromatic nitrogens is 1. The molecule has 3 aliphatic heterocycles. The largest absolute Gasteiger partial charge is 0.477 e. The lowest BCUT2D eigenvalue weighted by molar-refractivity contribution is -0.119. The van der Waals surface area contributed by atoms with Crippen LogP contribution in [0.5, 0.6) is 5.88 Å². The predicted molar refractivity (Wildman–Crippen MR) is 147 cm³/mol. The van der Waals surface area contributed by atoms with Crippen LogP contribution < -0.4 is 30.9 Å². The summed E-state index contributed by atoms with van der Waals surface area (Å²) in [6.45, 7) is 11.0. The molecule has 5 atom stereocenters. The number of thioether (sulfide) groups is 1. The van der Waals surface area contributed by atoms with E-state index >= 15 is 0 Å². The SMILES string of the molecule is C=CC(=O)N[C@H]1CCC[C@H]1NC(=O)C1=C2NC(=O)N(c3cnc(OCC(C)C)cc3C)C3CCNC(S1)C23. The molecule has 204 valence electrons. The second-order valence-corrected chi connectivity index (χ2v) is 11.9. The van der Waals surface area contributed by atoms with Crippen LogP contribution in [0.25, 0.3) is 0 Å². The highest BCUT2D eigenvalue weighted by Gasteiger charge is 2.52. The fourth-order valence-corrected chi connectivity index (χ4v) is 7.19. The number of hydrogen-bond donors (Lipinski definition) is 4. The number of amides is 4. The van der Waals surface area contributed by atoms with E-state index in [1.54, 1.807) is 11.1 Å². The quantitative estimate of drug-likeness (QED) is 0.374. The van der Waals surface area contributed by atoms with Crippen molar-refractivity contribution in [1.82, 2.24) is 26.3 Å². The van der Waals surface area contributed by atoms with Crippen LogP contribution in [-0.2, 0) is 9.59 Å². The molecule has 0 aromatic carbocycles. The zero-order valence-electron chi connectivity index (χ0n) is 22.1. The third-order valence-corrected chi connectivity index (χ3v) is 8.93. The fraction of sp³-hybridized carbons (Fsp3) is 0.556. The van der Waals surface area contributed by atoms with Gasteiger partial charge in [0, 0.05) is 29.8 Å². The monoisotopic (exact) mass is 540 g/mol. The number of nitrogens with one attached hydrogen (secondary N) is 4. The molecular weight excluding hydrogens is 504 g/mol. The molecule has 4 N–H and O–H groups in total. The van der Waals surface area contributed by atoms with Gasteiger partial charge in [-0.05, 0) is 56.7 Å². The van der Waals surface area contributed by atoms with Crippen molar-refractivity contribution in [3.63, 3.8) is 0 Å². The number of carbonyl (C=O) groups excluding carboxylic acids is 3. The molecule has 1 aromatic heterocycles. The number of piperidine rings is 1. The minimum absolute atomic E-state index is 0.0191. The molecule has 0 bridgehead atoms. The highest BCUT2D eigenvalue weighted by atomic mass is 32.2. The van der Waals surface area contributed by atoms with E-state index < -0.39 is 0 Å². The molecule has 3 unspecified atom stereocenters. The van der Waals surface area contributed by atoms with Crippen molar-refractivity contribution in [2.24, 2.45) is 11.8 Å². The first-order valence-electron chi connectivity index (χ1n) is 13.3. The van der Waals surface area contributed by atoms with Gasteiger partial charge in [0.05, 0.1) is 34.8 Å². The highest BCUT2D eigenvalue weighted by molar-refractivity contribution is 8.04. The van der Waals surface area contributed by atoms with Gasteiger partial charge in [-0.25, -0.2) is 9.78 Å². The summed E-state index contributed by atoms with van der Waals surface area (Å²) in [5, 5.41) is 12.6. The van der Waals surface area contributed by atoms with Crippen LogP contribution in [0.4, 0.5) is 10.5 Å². The van der Waals surface area contributed by atoms with E-state index in [1.807, 2.05) is 13.0 Å². The third kappa shape index (κ3) is 5.13. The van der Waals surface area contributed by atoms with Gasteiger partial charge in [-0.2, -0.15) is 0 Å². The van der Waals surface area contributed by atoms with Crippen LogP contribution in [0.15, 0.2) is 35.5 Å². The molecule has 0 radical (unpaired) electrons. The van der Waals surface area contributed by atoms with Crippen molar-refractivity contribution in [2.45, 2.75) is 70.0 Å². The molecule has 1 saturated carbocycles. The number of urea groups is 1. The Morgan fingerprint density at radius 1 is 1.29 bits per heavy atom. The van der Waals surface area contributed by atoms with E-state index in [4.69, 9.17) is 4.74 Å². The van der Waals surface area contributed by atoms with Crippen molar-refractivity contribution < 1.29 is 19.1 Å². The summed E-state index contributed by atoms with van der Waals surface area (Å²) < 4.78 is 5.77. The number of pyridine rings is 1. The number of hydrogen-bond acceptors (Lipinski definition) is 7. The van der Waals surface area contributed by atoms with Crippen molar-refractivity contribution in [2.75, 3.05) is 18.1 Å². The molecule has 0 spiro atoms. The Morgan fingerprint density at radius 3 is 2.76 bits per heavy atom. The number of anilines is 1. The van der Waals surface area contributed by atoms with Crippen molar-refractivity contribution in [3.05, 3.63) is 41.1 Å². The molecule has 11 heteroatoms. The lowest BCUT2D eigenvalue weighted by Gasteiger charge is -2.46. The van der Waals surface area contributed by atoms with Gasteiger partial charge in [-0.1, -0.05) is 32.2 Å². The lowest BCUT2D eigenvalue weighted by Crippen LogP contribution is -2.62. The first kappa shape index (κ1) is 26.6. The van der Waals surface area contributed by atoms with E-state index in [-0.39, 0.29) is 47.3 Å². The predicted octanol–water partition coefficient (Wildman–Crippen LogP) is 2.56. The molecule has 38 heavy (non-hydrogen) atoms. The van der Waals surface area contributed by atoms with Crippen LogP contribution in [0.1, 0.15) is 45.1 Å². The minimum Gasteiger partial charge on any atom is -0.477 e. The van der Waals surface area contributed by atoms with Crippen LogP contribution in [0.2, 0.25) is 0 Å². The molecule has 4 heterocycles. The number of ether oxygens (including phenoxy) is 1. The maximum Gasteiger partial charge on any atom is 0.326 e. The molecule has 4 aliphatic rings. The molecule has 1 aromatic rings. The van der Waals surface area contributed by atoms with Crippen LogP contribution in [0.3, 0.4) is 0 Å². The summed E-state index contributed by atoms with van der Waals surface area (Å²) in [5.74, 6) is 0.436. The Kier molecular flexibility index (Phi) is 7.67. The van der Waals surface area contributed by atoms with Gasteiger partial charge in [0.25, 0.3) is 5.91 Å². The third-order valence-electron chi connectivity index (χ3n) is 7.58. The van der Waals surface area contributed by atoms with Crippen LogP contribution in [0, 0.1) is 18.8 Å². The summed E-state index contributed by atoms with van der Waals surface area (Å²) in [5.41, 5.74) is 2.34. The van der Waals surface area contributed by atoms with E-state index in [0.717, 1.165) is 43.5 Å². The summed E-state index contributed by atoms with van der Waals surface area (Å²) in [6, 6.07) is 1.23. The lowest BCUT2D eigenvalue weighted by atomic mass is 9.86. The molecular formula is C27H36N6O4S. The normalized spacial score (nSPS) is 28.2. The number of carbonyl (C=O) groups is 3. The van der Waals surface area contributed by atoms with Crippen molar-refractivity contribution >= 4 is 35.3 Å². The van der Waals surface area contributed by atoms with Crippen LogP contribution in [-0.4, -0.2) is 59.5 Å². The zero-order chi connectivity index (χ0) is 27.0. The first-order valence-corrected chi connectivity index (χ1v) is 14.2. The summed E-state index contributed by atoms with van der Waals surface area (Å²) >= 11 is 1.47. The average molecular weight is 541 g/mol. The summed E-state index contributed by atoms with van der Waals surface area (Å²) in [6.07, 6.45) is 6.23. The Labute approximate surface area is 227 Å². The van der Waals surface area contributed by atoms with Crippen LogP contribution >= 0.6 is 11.8 Å². The Hall–Kier alpha value is -3.05. The van der Waals surface area contributed by atoms with E-state index in [0.29, 0.717) is 29.0 Å². The molecule has 10 nitrogen and oxygen atoms in total. The van der Waals surface area contributed by atoms with Crippen molar-refractivity contribution in [1.29, 1.82) is 0 Å². The first-order chi connectivity index (χ1) is 18.3. The minimum atomic E-state index is -0.257. The zero-order valence-corrected chi connectivity index (χ0v) is 22.9. The van der Waals surface area contributed by atoms with Gasteiger partial charge >= 0.3 is 6.03 Å². The van der Waals surface area contributed by atoms with Gasteiger partial charge in [-0.15, -0.1) is 0 Å².